The molecule has 0 aliphatic carbocycles. The number of quaternary nitrogens is 1. The predicted octanol–water partition coefficient (Wildman–Crippen LogP) is 1.15. The molecule has 4 heteroatoms. The molecule has 0 radical (unpaired) electrons. The molecule has 18 heavy (non-hydrogen) atoms. The molecule has 1 aromatic carbocycles. The van der Waals surface area contributed by atoms with Crippen molar-refractivity contribution in [2.45, 2.75) is 24.5 Å². The van der Waals surface area contributed by atoms with Crippen LogP contribution in [0.2, 0.25) is 0 Å². The summed E-state index contributed by atoms with van der Waals surface area (Å²) in [5.74, 6) is 0.272. The van der Waals surface area contributed by atoms with Crippen LogP contribution in [0.5, 0.6) is 0 Å². The quantitative estimate of drug-likeness (QED) is 0.887. The topological polar surface area (TPSA) is 36.9 Å². The van der Waals surface area contributed by atoms with Crippen LogP contribution in [0, 0.1) is 6.92 Å². The molecular weight excluding hydrogens is 244 g/mol. The van der Waals surface area contributed by atoms with E-state index in [1.54, 1.807) is 11.8 Å². The van der Waals surface area contributed by atoms with Gasteiger partial charge in [0.1, 0.15) is 5.37 Å². The van der Waals surface area contributed by atoms with Crippen molar-refractivity contribution in [3.63, 3.8) is 0 Å². The van der Waals surface area contributed by atoms with E-state index in [4.69, 9.17) is 0 Å². The Hall–Kier alpha value is -1.00. The van der Waals surface area contributed by atoms with Crippen LogP contribution in [-0.4, -0.2) is 36.2 Å². The zero-order valence-corrected chi connectivity index (χ0v) is 12.0. The van der Waals surface area contributed by atoms with Gasteiger partial charge in [-0.3, -0.25) is 4.79 Å². The van der Waals surface area contributed by atoms with Crippen molar-refractivity contribution in [2.75, 3.05) is 20.1 Å². The van der Waals surface area contributed by atoms with E-state index in [1.807, 2.05) is 18.9 Å². The SMILES string of the molecule is C[NH2+]CCN1C(=O)[C@H](C)S[C@@H]1c1cccc(C)c1. The largest absolute Gasteiger partial charge is 0.347 e. The molecule has 0 saturated carbocycles. The number of carbonyl (C=O) groups excluding carboxylic acids is 1. The highest BCUT2D eigenvalue weighted by Gasteiger charge is 2.38. The highest BCUT2D eigenvalue weighted by Crippen LogP contribution is 2.42. The average molecular weight is 265 g/mol. The van der Waals surface area contributed by atoms with Crippen LogP contribution in [0.4, 0.5) is 0 Å². The zero-order valence-electron chi connectivity index (χ0n) is 11.2. The van der Waals surface area contributed by atoms with Gasteiger partial charge in [-0.1, -0.05) is 29.8 Å². The number of nitrogens with two attached hydrogens (primary N) is 1. The number of nitrogens with zero attached hydrogens (tertiary/aromatic N) is 1. The molecule has 1 aliphatic heterocycles. The second-order valence-corrected chi connectivity index (χ2v) is 6.20. The van der Waals surface area contributed by atoms with Crippen LogP contribution < -0.4 is 5.32 Å². The van der Waals surface area contributed by atoms with Gasteiger partial charge in [-0.25, -0.2) is 0 Å². The lowest BCUT2D eigenvalue weighted by Gasteiger charge is -2.23. The van der Waals surface area contributed by atoms with Gasteiger partial charge in [0.25, 0.3) is 0 Å². The minimum absolute atomic E-state index is 0.0763. The lowest BCUT2D eigenvalue weighted by molar-refractivity contribution is -0.626. The van der Waals surface area contributed by atoms with E-state index < -0.39 is 0 Å². The number of aryl methyl sites for hydroxylation is 1. The van der Waals surface area contributed by atoms with Gasteiger partial charge < -0.3 is 10.2 Å². The van der Waals surface area contributed by atoms with E-state index in [9.17, 15) is 4.79 Å². The number of amides is 1. The molecule has 98 valence electrons. The number of benzene rings is 1. The van der Waals surface area contributed by atoms with Crippen molar-refractivity contribution in [3.8, 4) is 0 Å². The van der Waals surface area contributed by atoms with Crippen LogP contribution in [0.25, 0.3) is 0 Å². The molecular formula is C14H21N2OS+. The van der Waals surface area contributed by atoms with Crippen LogP contribution in [0.15, 0.2) is 24.3 Å². The Balaban J connectivity index is 2.22. The first-order chi connectivity index (χ1) is 8.63. The number of carbonyl (C=O) groups is 1. The first-order valence-corrected chi connectivity index (χ1v) is 7.38. The molecule has 0 spiro atoms. The zero-order chi connectivity index (χ0) is 13.1. The number of hydrogen-bond donors (Lipinski definition) is 1. The van der Waals surface area contributed by atoms with Gasteiger partial charge in [0, 0.05) is 0 Å². The Morgan fingerprint density at radius 2 is 2.22 bits per heavy atom. The minimum atomic E-state index is 0.0763. The van der Waals surface area contributed by atoms with Gasteiger partial charge in [0.05, 0.1) is 25.4 Å². The van der Waals surface area contributed by atoms with E-state index in [-0.39, 0.29) is 16.5 Å². The maximum atomic E-state index is 12.2. The predicted molar refractivity (Wildman–Crippen MR) is 75.4 cm³/mol. The summed E-state index contributed by atoms with van der Waals surface area (Å²) >= 11 is 1.76. The fraction of sp³-hybridized carbons (Fsp3) is 0.500. The Kier molecular flexibility index (Phi) is 4.30. The fourth-order valence-electron chi connectivity index (χ4n) is 2.25. The third-order valence-corrected chi connectivity index (χ3v) is 4.63. The maximum Gasteiger partial charge on any atom is 0.236 e. The molecule has 2 atom stereocenters. The fourth-order valence-corrected chi connectivity index (χ4v) is 3.55. The molecule has 2 rings (SSSR count). The lowest BCUT2D eigenvalue weighted by atomic mass is 10.1. The number of likely N-dealkylation sites (N-methyl/N-ethyl adjacent to an activating group) is 1. The Morgan fingerprint density at radius 1 is 1.44 bits per heavy atom. The van der Waals surface area contributed by atoms with Crippen molar-refractivity contribution in [1.82, 2.24) is 4.90 Å². The molecule has 0 aromatic heterocycles. The van der Waals surface area contributed by atoms with Crippen molar-refractivity contribution in [3.05, 3.63) is 35.4 Å². The average Bonchev–Trinajstić information content (AvgIpc) is 2.64. The Labute approximate surface area is 113 Å². The van der Waals surface area contributed by atoms with Gasteiger partial charge in [0.15, 0.2) is 0 Å². The first-order valence-electron chi connectivity index (χ1n) is 6.44. The molecule has 0 bridgehead atoms. The summed E-state index contributed by atoms with van der Waals surface area (Å²) in [4.78, 5) is 14.2. The summed E-state index contributed by atoms with van der Waals surface area (Å²) in [5.41, 5.74) is 2.50. The molecule has 0 unspecified atom stereocenters. The number of hydrogen-bond acceptors (Lipinski definition) is 2. The molecule has 1 heterocycles. The van der Waals surface area contributed by atoms with Gasteiger partial charge in [-0.15, -0.1) is 11.8 Å². The van der Waals surface area contributed by atoms with Crippen molar-refractivity contribution in [1.29, 1.82) is 0 Å². The smallest absolute Gasteiger partial charge is 0.236 e. The van der Waals surface area contributed by atoms with E-state index in [2.05, 4.69) is 36.5 Å². The summed E-state index contributed by atoms with van der Waals surface area (Å²) in [6.45, 7) is 5.89. The van der Waals surface area contributed by atoms with E-state index in [0.717, 1.165) is 13.1 Å². The molecule has 1 fully saturated rings. The van der Waals surface area contributed by atoms with Gasteiger partial charge in [0.2, 0.25) is 5.91 Å². The van der Waals surface area contributed by atoms with Crippen LogP contribution >= 0.6 is 11.8 Å². The third kappa shape index (κ3) is 2.70. The Morgan fingerprint density at radius 3 is 2.89 bits per heavy atom. The maximum absolute atomic E-state index is 12.2. The monoisotopic (exact) mass is 265 g/mol. The normalized spacial score (nSPS) is 23.7. The molecule has 1 aliphatic rings. The summed E-state index contributed by atoms with van der Waals surface area (Å²) in [6.07, 6.45) is 0. The van der Waals surface area contributed by atoms with E-state index in [0.29, 0.717) is 0 Å². The summed E-state index contributed by atoms with van der Waals surface area (Å²) in [5, 5.41) is 2.38. The van der Waals surface area contributed by atoms with Crippen LogP contribution in [0.3, 0.4) is 0 Å². The highest BCUT2D eigenvalue weighted by atomic mass is 32.2. The third-order valence-electron chi connectivity index (χ3n) is 3.23. The van der Waals surface area contributed by atoms with Crippen LogP contribution in [0.1, 0.15) is 23.4 Å². The van der Waals surface area contributed by atoms with Crippen molar-refractivity contribution < 1.29 is 10.1 Å². The van der Waals surface area contributed by atoms with Crippen molar-refractivity contribution in [2.24, 2.45) is 0 Å². The number of thioether (sulfide) groups is 1. The van der Waals surface area contributed by atoms with Crippen LogP contribution in [-0.2, 0) is 4.79 Å². The second kappa shape index (κ2) is 5.76. The standard InChI is InChI=1S/C14H20N2OS/c1-10-5-4-6-12(9-10)14-16(8-7-15-3)13(17)11(2)18-14/h4-6,9,11,14-15H,7-8H2,1-3H3/p+1/t11-,14+/m0/s1. The number of rotatable bonds is 4. The first kappa shape index (κ1) is 13.4. The van der Waals surface area contributed by atoms with Crippen molar-refractivity contribution >= 4 is 17.7 Å². The van der Waals surface area contributed by atoms with Gasteiger partial charge >= 0.3 is 0 Å². The van der Waals surface area contributed by atoms with E-state index >= 15 is 0 Å². The molecule has 3 nitrogen and oxygen atoms in total. The van der Waals surface area contributed by atoms with Gasteiger partial charge in [-0.05, 0) is 19.4 Å². The molecule has 1 saturated heterocycles. The molecule has 1 amide bonds. The minimum Gasteiger partial charge on any atom is -0.347 e. The summed E-state index contributed by atoms with van der Waals surface area (Å²) in [7, 11) is 2.04. The summed E-state index contributed by atoms with van der Waals surface area (Å²) in [6, 6.07) is 8.48. The lowest BCUT2D eigenvalue weighted by Crippen LogP contribution is -2.81. The van der Waals surface area contributed by atoms with Gasteiger partial charge in [-0.2, -0.15) is 0 Å². The second-order valence-electron chi connectivity index (χ2n) is 4.77. The Bertz CT molecular complexity index is 436. The highest BCUT2D eigenvalue weighted by molar-refractivity contribution is 8.01. The summed E-state index contributed by atoms with van der Waals surface area (Å²) < 4.78 is 0. The molecule has 2 N–H and O–H groups in total. The van der Waals surface area contributed by atoms with E-state index in [1.165, 1.54) is 11.1 Å². The molecule has 1 aromatic rings.